The zero-order valence-electron chi connectivity index (χ0n) is 12.4. The van der Waals surface area contributed by atoms with Gasteiger partial charge in [-0.15, -0.1) is 0 Å². The summed E-state index contributed by atoms with van der Waals surface area (Å²) in [5, 5.41) is 0. The molecule has 1 saturated carbocycles. The maximum Gasteiger partial charge on any atom is 0.211 e. The van der Waals surface area contributed by atoms with Crippen LogP contribution in [0, 0.1) is 6.92 Å². The molecule has 2 heterocycles. The first-order valence-corrected chi connectivity index (χ1v) is 9.05. The molecule has 0 bridgehead atoms. The third kappa shape index (κ3) is 2.96. The van der Waals surface area contributed by atoms with Gasteiger partial charge in [0, 0.05) is 37.7 Å². The van der Waals surface area contributed by atoms with Crippen molar-refractivity contribution < 1.29 is 8.42 Å². The van der Waals surface area contributed by atoms with Crippen molar-refractivity contribution in [3.05, 3.63) is 11.4 Å². The van der Waals surface area contributed by atoms with Crippen molar-refractivity contribution in [2.45, 2.75) is 25.7 Å². The van der Waals surface area contributed by atoms with Crippen LogP contribution in [-0.4, -0.2) is 55.1 Å². The van der Waals surface area contributed by atoms with E-state index in [4.69, 9.17) is 5.73 Å². The molecule has 1 aliphatic heterocycles. The van der Waals surface area contributed by atoms with Crippen LogP contribution in [0.2, 0.25) is 0 Å². The Morgan fingerprint density at radius 2 is 1.76 bits per heavy atom. The van der Waals surface area contributed by atoms with Crippen LogP contribution >= 0.6 is 0 Å². The van der Waals surface area contributed by atoms with E-state index in [2.05, 4.69) is 14.9 Å². The van der Waals surface area contributed by atoms with Crippen molar-refractivity contribution >= 4 is 21.7 Å². The van der Waals surface area contributed by atoms with Crippen molar-refractivity contribution in [2.75, 3.05) is 43.1 Å². The third-order valence-electron chi connectivity index (χ3n) is 4.12. The highest BCUT2D eigenvalue weighted by atomic mass is 32.2. The van der Waals surface area contributed by atoms with Gasteiger partial charge < -0.3 is 10.6 Å². The molecule has 2 N–H and O–H groups in total. The third-order valence-corrected chi connectivity index (χ3v) is 5.43. The summed E-state index contributed by atoms with van der Waals surface area (Å²) in [6.07, 6.45) is 3.51. The van der Waals surface area contributed by atoms with Crippen LogP contribution in [0.15, 0.2) is 0 Å². The van der Waals surface area contributed by atoms with Crippen LogP contribution in [0.3, 0.4) is 0 Å². The Hall–Kier alpha value is -1.41. The van der Waals surface area contributed by atoms with E-state index in [1.165, 1.54) is 10.6 Å². The molecule has 0 atom stereocenters. The summed E-state index contributed by atoms with van der Waals surface area (Å²) < 4.78 is 24.6. The fourth-order valence-corrected chi connectivity index (χ4v) is 3.43. The smallest absolute Gasteiger partial charge is 0.211 e. The lowest BCUT2D eigenvalue weighted by Crippen LogP contribution is -2.48. The van der Waals surface area contributed by atoms with E-state index in [0.717, 1.165) is 30.0 Å². The molecule has 0 spiro atoms. The minimum absolute atomic E-state index is 0.448. The van der Waals surface area contributed by atoms with Crippen LogP contribution in [0.1, 0.15) is 30.1 Å². The first-order chi connectivity index (χ1) is 9.86. The second-order valence-corrected chi connectivity index (χ2v) is 7.82. The van der Waals surface area contributed by atoms with Gasteiger partial charge in [-0.3, -0.25) is 0 Å². The van der Waals surface area contributed by atoms with Crippen molar-refractivity contribution in [3.8, 4) is 0 Å². The van der Waals surface area contributed by atoms with Crippen LogP contribution < -0.4 is 10.6 Å². The van der Waals surface area contributed by atoms with E-state index < -0.39 is 10.0 Å². The maximum atomic E-state index is 11.6. The van der Waals surface area contributed by atoms with Crippen molar-refractivity contribution in [2.24, 2.45) is 0 Å². The molecule has 8 heteroatoms. The number of sulfonamides is 1. The molecule has 1 aromatic rings. The van der Waals surface area contributed by atoms with Crippen LogP contribution in [0.25, 0.3) is 0 Å². The molecule has 1 aromatic heterocycles. The second-order valence-electron chi connectivity index (χ2n) is 5.84. The van der Waals surface area contributed by atoms with Gasteiger partial charge in [0.15, 0.2) is 0 Å². The van der Waals surface area contributed by atoms with Gasteiger partial charge in [0.05, 0.1) is 6.26 Å². The van der Waals surface area contributed by atoms with E-state index in [1.54, 1.807) is 0 Å². The number of piperazine rings is 1. The van der Waals surface area contributed by atoms with E-state index in [0.29, 0.717) is 37.9 Å². The number of nitrogens with zero attached hydrogens (tertiary/aromatic N) is 4. The van der Waals surface area contributed by atoms with Crippen LogP contribution in [-0.2, 0) is 10.0 Å². The van der Waals surface area contributed by atoms with Crippen molar-refractivity contribution in [3.63, 3.8) is 0 Å². The minimum Gasteiger partial charge on any atom is -0.383 e. The Bertz CT molecular complexity index is 649. The van der Waals surface area contributed by atoms with Gasteiger partial charge in [-0.25, -0.2) is 18.4 Å². The highest BCUT2D eigenvalue weighted by Crippen LogP contribution is 2.39. The predicted octanol–water partition coefficient (Wildman–Crippen LogP) is 0.326. The van der Waals surface area contributed by atoms with E-state index in [-0.39, 0.29) is 0 Å². The summed E-state index contributed by atoms with van der Waals surface area (Å²) in [4.78, 5) is 11.2. The molecule has 1 aliphatic carbocycles. The maximum absolute atomic E-state index is 11.6. The van der Waals surface area contributed by atoms with E-state index in [9.17, 15) is 8.42 Å². The molecule has 0 aromatic carbocycles. The number of hydrogen-bond donors (Lipinski definition) is 1. The average Bonchev–Trinajstić information content (AvgIpc) is 3.25. The standard InChI is InChI=1S/C13H21N5O2S/c1-9-11(14)15-12(10-3-4-10)16-13(9)17-5-7-18(8-6-17)21(2,19)20/h10H,3-8H2,1-2H3,(H2,14,15,16). The van der Waals surface area contributed by atoms with Gasteiger partial charge in [-0.1, -0.05) is 0 Å². The largest absolute Gasteiger partial charge is 0.383 e. The molecule has 0 amide bonds. The number of aromatic nitrogens is 2. The van der Waals surface area contributed by atoms with Crippen molar-refractivity contribution in [1.82, 2.24) is 14.3 Å². The lowest BCUT2D eigenvalue weighted by Gasteiger charge is -2.34. The summed E-state index contributed by atoms with van der Waals surface area (Å²) >= 11 is 0. The monoisotopic (exact) mass is 311 g/mol. The summed E-state index contributed by atoms with van der Waals surface area (Å²) in [6, 6.07) is 0. The quantitative estimate of drug-likeness (QED) is 0.864. The lowest BCUT2D eigenvalue weighted by atomic mass is 10.2. The highest BCUT2D eigenvalue weighted by molar-refractivity contribution is 7.88. The van der Waals surface area contributed by atoms with E-state index in [1.807, 2.05) is 6.92 Å². The number of rotatable bonds is 3. The molecular formula is C13H21N5O2S. The van der Waals surface area contributed by atoms with Gasteiger partial charge >= 0.3 is 0 Å². The Balaban J connectivity index is 1.81. The average molecular weight is 311 g/mol. The van der Waals surface area contributed by atoms with Gasteiger partial charge in [0.2, 0.25) is 10.0 Å². The van der Waals surface area contributed by atoms with Crippen LogP contribution in [0.4, 0.5) is 11.6 Å². The summed E-state index contributed by atoms with van der Waals surface area (Å²) in [6.45, 7) is 4.16. The fraction of sp³-hybridized carbons (Fsp3) is 0.692. The normalized spacial score (nSPS) is 20.8. The Kier molecular flexibility index (Phi) is 3.53. The van der Waals surface area contributed by atoms with Crippen LogP contribution in [0.5, 0.6) is 0 Å². The van der Waals surface area contributed by atoms with E-state index >= 15 is 0 Å². The Labute approximate surface area is 125 Å². The summed E-state index contributed by atoms with van der Waals surface area (Å²) in [5.74, 6) is 2.67. The molecule has 2 aliphatic rings. The molecule has 21 heavy (non-hydrogen) atoms. The predicted molar refractivity (Wildman–Crippen MR) is 81.8 cm³/mol. The first kappa shape index (κ1) is 14.5. The zero-order chi connectivity index (χ0) is 15.2. The Morgan fingerprint density at radius 1 is 1.14 bits per heavy atom. The fourth-order valence-electron chi connectivity index (χ4n) is 2.60. The first-order valence-electron chi connectivity index (χ1n) is 7.20. The molecule has 1 saturated heterocycles. The van der Waals surface area contributed by atoms with Gasteiger partial charge in [-0.05, 0) is 19.8 Å². The molecule has 0 radical (unpaired) electrons. The molecule has 116 valence electrons. The molecule has 2 fully saturated rings. The number of hydrogen-bond acceptors (Lipinski definition) is 6. The van der Waals surface area contributed by atoms with Gasteiger partial charge in [0.25, 0.3) is 0 Å². The lowest BCUT2D eigenvalue weighted by molar-refractivity contribution is 0.386. The summed E-state index contributed by atoms with van der Waals surface area (Å²) in [7, 11) is -3.11. The molecule has 7 nitrogen and oxygen atoms in total. The molecule has 0 unspecified atom stereocenters. The molecular weight excluding hydrogens is 290 g/mol. The number of nitrogens with two attached hydrogens (primary N) is 1. The highest BCUT2D eigenvalue weighted by Gasteiger charge is 2.30. The SMILES string of the molecule is Cc1c(N)nc(C2CC2)nc1N1CCN(S(C)(=O)=O)CC1. The number of nitrogen functional groups attached to an aromatic ring is 1. The zero-order valence-corrected chi connectivity index (χ0v) is 13.2. The van der Waals surface area contributed by atoms with Gasteiger partial charge in [0.1, 0.15) is 17.5 Å². The summed E-state index contributed by atoms with van der Waals surface area (Å²) in [5.41, 5.74) is 6.89. The number of anilines is 2. The minimum atomic E-state index is -3.11. The Morgan fingerprint density at radius 3 is 2.29 bits per heavy atom. The van der Waals surface area contributed by atoms with Gasteiger partial charge in [-0.2, -0.15) is 4.31 Å². The van der Waals surface area contributed by atoms with Crippen molar-refractivity contribution in [1.29, 1.82) is 0 Å². The molecule has 3 rings (SSSR count). The second kappa shape index (κ2) is 5.10. The topological polar surface area (TPSA) is 92.4 Å².